The number of nitrogens with zero attached hydrogens (tertiary/aromatic N) is 4. The van der Waals surface area contributed by atoms with E-state index in [0.717, 1.165) is 17.2 Å². The summed E-state index contributed by atoms with van der Waals surface area (Å²) in [5.41, 5.74) is 4.11. The Kier molecular flexibility index (Phi) is 7.82. The smallest absolute Gasteiger partial charge is 0.247 e. The Morgan fingerprint density at radius 3 is 2.78 bits per heavy atom. The molecule has 0 atom stereocenters. The molecule has 2 aromatic heterocycles. The summed E-state index contributed by atoms with van der Waals surface area (Å²) in [6, 6.07) is 17.6. The van der Waals surface area contributed by atoms with Gasteiger partial charge in [0.15, 0.2) is 5.65 Å². The van der Waals surface area contributed by atoms with Gasteiger partial charge >= 0.3 is 0 Å². The van der Waals surface area contributed by atoms with E-state index in [2.05, 4.69) is 42.6 Å². The summed E-state index contributed by atoms with van der Waals surface area (Å²) in [7, 11) is -1.20. The topological polar surface area (TPSA) is 102 Å². The lowest BCUT2D eigenvalue weighted by atomic mass is 10.1. The zero-order valence-corrected chi connectivity index (χ0v) is 22.2. The molecular weight excluding hydrogens is 482 g/mol. The van der Waals surface area contributed by atoms with Crippen molar-refractivity contribution in [3.8, 4) is 28.8 Å². The second-order valence-corrected chi connectivity index (χ2v) is 15.4. The predicted molar refractivity (Wildman–Crippen MR) is 147 cm³/mol. The van der Waals surface area contributed by atoms with Crippen molar-refractivity contribution >= 4 is 30.8 Å². The van der Waals surface area contributed by atoms with Gasteiger partial charge in [-0.15, -0.1) is 0 Å². The summed E-state index contributed by atoms with van der Waals surface area (Å²) in [5, 5.41) is 12.1. The van der Waals surface area contributed by atoms with Crippen molar-refractivity contribution in [1.82, 2.24) is 14.5 Å². The van der Waals surface area contributed by atoms with Crippen LogP contribution in [-0.2, 0) is 16.3 Å². The molecule has 0 saturated heterocycles. The van der Waals surface area contributed by atoms with Gasteiger partial charge in [0.2, 0.25) is 11.8 Å². The molecule has 0 saturated carbocycles. The lowest BCUT2D eigenvalue weighted by Crippen LogP contribution is -2.22. The number of hydrogen-bond donors (Lipinski definition) is 1. The quantitative estimate of drug-likeness (QED) is 0.155. The van der Waals surface area contributed by atoms with Gasteiger partial charge in [-0.3, -0.25) is 4.79 Å². The molecule has 37 heavy (non-hydrogen) atoms. The zero-order chi connectivity index (χ0) is 26.4. The second-order valence-electron chi connectivity index (χ2n) is 9.76. The molecule has 1 amide bonds. The molecule has 2 heterocycles. The lowest BCUT2D eigenvalue weighted by molar-refractivity contribution is -0.111. The highest BCUT2D eigenvalue weighted by Crippen LogP contribution is 2.31. The average molecular weight is 512 g/mol. The first-order valence-electron chi connectivity index (χ1n) is 11.9. The van der Waals surface area contributed by atoms with Crippen LogP contribution in [0.4, 0.5) is 5.69 Å². The molecule has 0 radical (unpaired) electrons. The molecule has 0 aliphatic rings. The van der Waals surface area contributed by atoms with E-state index in [-0.39, 0.29) is 5.91 Å². The molecule has 1 N–H and O–H groups in total. The highest BCUT2D eigenvalue weighted by molar-refractivity contribution is 6.76. The van der Waals surface area contributed by atoms with Crippen molar-refractivity contribution in [3.63, 3.8) is 0 Å². The summed E-state index contributed by atoms with van der Waals surface area (Å²) >= 11 is 0. The summed E-state index contributed by atoms with van der Waals surface area (Å²) in [4.78, 5) is 21.0. The largest absolute Gasteiger partial charge is 0.437 e. The summed E-state index contributed by atoms with van der Waals surface area (Å²) in [6.45, 7) is 11.4. The highest BCUT2D eigenvalue weighted by atomic mass is 28.3. The van der Waals surface area contributed by atoms with Crippen molar-refractivity contribution < 1.29 is 14.3 Å². The van der Waals surface area contributed by atoms with Crippen LogP contribution in [0.25, 0.3) is 22.3 Å². The van der Waals surface area contributed by atoms with Crippen LogP contribution in [0.5, 0.6) is 11.6 Å². The third-order valence-corrected chi connectivity index (χ3v) is 7.29. The van der Waals surface area contributed by atoms with Crippen molar-refractivity contribution in [3.05, 3.63) is 79.1 Å². The number of rotatable bonds is 10. The number of amides is 1. The Morgan fingerprint density at radius 1 is 1.22 bits per heavy atom. The first-order valence-corrected chi connectivity index (χ1v) is 15.6. The van der Waals surface area contributed by atoms with Crippen molar-refractivity contribution in [2.24, 2.45) is 0 Å². The lowest BCUT2D eigenvalue weighted by Gasteiger charge is -2.15. The molecule has 2 aromatic carbocycles. The van der Waals surface area contributed by atoms with Gasteiger partial charge in [0.25, 0.3) is 0 Å². The van der Waals surface area contributed by atoms with Gasteiger partial charge in [-0.25, -0.2) is 9.97 Å². The molecule has 0 fully saturated rings. The third kappa shape index (κ3) is 6.70. The second kappa shape index (κ2) is 11.2. The Bertz CT molecular complexity index is 1480. The maximum atomic E-state index is 11.6. The predicted octanol–water partition coefficient (Wildman–Crippen LogP) is 6.20. The van der Waals surface area contributed by atoms with Crippen LogP contribution in [0.3, 0.4) is 0 Å². The molecule has 188 valence electrons. The number of carbonyl (C=O) groups excluding carboxylic acids is 1. The van der Waals surface area contributed by atoms with E-state index >= 15 is 0 Å². The number of fused-ring (bicyclic) bond motifs is 1. The van der Waals surface area contributed by atoms with Crippen LogP contribution in [0.2, 0.25) is 25.7 Å². The van der Waals surface area contributed by atoms with Crippen LogP contribution < -0.4 is 10.1 Å². The first-order chi connectivity index (χ1) is 17.8. The molecule has 9 heteroatoms. The van der Waals surface area contributed by atoms with E-state index < -0.39 is 8.07 Å². The highest BCUT2D eigenvalue weighted by Gasteiger charge is 2.17. The fraction of sp³-hybridized carbons (Fsp3) is 0.214. The molecule has 4 aromatic rings. The normalized spacial score (nSPS) is 11.2. The minimum atomic E-state index is -1.20. The van der Waals surface area contributed by atoms with Gasteiger partial charge in [-0.2, -0.15) is 5.26 Å². The number of nitrogens with one attached hydrogen (secondary N) is 1. The molecule has 0 aliphatic heterocycles. The van der Waals surface area contributed by atoms with E-state index in [1.807, 2.05) is 29.0 Å². The van der Waals surface area contributed by atoms with Gasteiger partial charge in [-0.1, -0.05) is 44.4 Å². The zero-order valence-electron chi connectivity index (χ0n) is 21.2. The van der Waals surface area contributed by atoms with Gasteiger partial charge in [0, 0.05) is 38.2 Å². The van der Waals surface area contributed by atoms with Crippen molar-refractivity contribution in [1.29, 1.82) is 5.26 Å². The SMILES string of the molecule is C=CC(=O)Nc1cccc(Oc2cnc3c(n2)c(-c2cccc(C#N)c2)cn3COCC[Si](C)(C)C)c1. The van der Waals surface area contributed by atoms with E-state index in [1.165, 1.54) is 6.08 Å². The third-order valence-electron chi connectivity index (χ3n) is 5.58. The summed E-state index contributed by atoms with van der Waals surface area (Å²) in [6.07, 6.45) is 4.71. The molecule has 0 bridgehead atoms. The van der Waals surface area contributed by atoms with Crippen LogP contribution >= 0.6 is 0 Å². The van der Waals surface area contributed by atoms with E-state index in [0.29, 0.717) is 47.4 Å². The summed E-state index contributed by atoms with van der Waals surface area (Å²) < 4.78 is 13.9. The number of ether oxygens (including phenoxy) is 2. The minimum Gasteiger partial charge on any atom is -0.437 e. The Hall–Kier alpha value is -4.26. The molecule has 0 spiro atoms. The standard InChI is InChI=1S/C28H29N5O3Si/c1-5-25(34)31-22-10-7-11-23(15-22)36-26-17-30-28-27(32-26)24(21-9-6-8-20(14-21)16-29)18-33(28)19-35-12-13-37(2,3)4/h5-11,14-15,17-18H,1,12-13,19H2,2-4H3,(H,31,34). The van der Waals surface area contributed by atoms with Gasteiger partial charge in [-0.05, 0) is 41.9 Å². The number of carbonyl (C=O) groups is 1. The van der Waals surface area contributed by atoms with Crippen LogP contribution in [0.1, 0.15) is 5.56 Å². The molecule has 0 aliphatic carbocycles. The van der Waals surface area contributed by atoms with E-state index in [1.54, 1.807) is 36.5 Å². The van der Waals surface area contributed by atoms with Gasteiger partial charge in [0.05, 0.1) is 17.8 Å². The number of benzene rings is 2. The maximum absolute atomic E-state index is 11.6. The molecule has 4 rings (SSSR count). The Morgan fingerprint density at radius 2 is 2.03 bits per heavy atom. The minimum absolute atomic E-state index is 0.301. The van der Waals surface area contributed by atoms with Gasteiger partial charge in [0.1, 0.15) is 18.0 Å². The first kappa shape index (κ1) is 25.8. The molecule has 8 nitrogen and oxygen atoms in total. The fourth-order valence-corrected chi connectivity index (χ4v) is 4.40. The monoisotopic (exact) mass is 511 g/mol. The van der Waals surface area contributed by atoms with Crippen LogP contribution in [0.15, 0.2) is 73.6 Å². The molecule has 0 unspecified atom stereocenters. The van der Waals surface area contributed by atoms with Crippen LogP contribution in [-0.4, -0.2) is 35.1 Å². The number of hydrogen-bond acceptors (Lipinski definition) is 6. The fourth-order valence-electron chi connectivity index (χ4n) is 3.64. The molecular formula is C28H29N5O3Si. The van der Waals surface area contributed by atoms with Crippen LogP contribution in [0, 0.1) is 11.3 Å². The number of nitriles is 1. The number of aromatic nitrogens is 3. The van der Waals surface area contributed by atoms with Crippen molar-refractivity contribution in [2.45, 2.75) is 32.4 Å². The van der Waals surface area contributed by atoms with E-state index in [9.17, 15) is 10.1 Å². The Labute approximate surface area is 217 Å². The number of anilines is 1. The summed E-state index contributed by atoms with van der Waals surface area (Å²) in [5.74, 6) is 0.489. The van der Waals surface area contributed by atoms with E-state index in [4.69, 9.17) is 14.5 Å². The van der Waals surface area contributed by atoms with Gasteiger partial charge < -0.3 is 19.4 Å². The average Bonchev–Trinajstić information content (AvgIpc) is 3.24. The Balaban J connectivity index is 1.67. The maximum Gasteiger partial charge on any atom is 0.247 e. The van der Waals surface area contributed by atoms with Crippen molar-refractivity contribution in [2.75, 3.05) is 11.9 Å².